The van der Waals surface area contributed by atoms with Crippen LogP contribution in [0, 0.1) is 17.0 Å². The molecule has 0 saturated carbocycles. The van der Waals surface area contributed by atoms with Gasteiger partial charge in [-0.2, -0.15) is 0 Å². The zero-order valence-electron chi connectivity index (χ0n) is 12.7. The number of phenolic OH excluding ortho intramolecular Hbond substituents is 1. The molecular formula is C14H12ClN3O6S. The maximum absolute atomic E-state index is 12.2. The van der Waals surface area contributed by atoms with E-state index >= 15 is 0 Å². The van der Waals surface area contributed by atoms with Crippen LogP contribution in [0.25, 0.3) is 0 Å². The van der Waals surface area contributed by atoms with Crippen molar-refractivity contribution in [1.29, 1.82) is 0 Å². The van der Waals surface area contributed by atoms with Crippen LogP contribution in [-0.2, 0) is 10.0 Å². The Morgan fingerprint density at radius 2 is 1.92 bits per heavy atom. The second-order valence-corrected chi connectivity index (χ2v) is 6.97. The number of hydrogen-bond donors (Lipinski definition) is 3. The van der Waals surface area contributed by atoms with Gasteiger partial charge in [0.15, 0.2) is 0 Å². The molecule has 9 nitrogen and oxygen atoms in total. The zero-order valence-corrected chi connectivity index (χ0v) is 14.3. The van der Waals surface area contributed by atoms with Crippen LogP contribution >= 0.6 is 11.6 Å². The van der Waals surface area contributed by atoms with Gasteiger partial charge in [-0.25, -0.2) is 8.42 Å². The normalized spacial score (nSPS) is 11.1. The Labute approximate surface area is 147 Å². The molecule has 0 heterocycles. The van der Waals surface area contributed by atoms with E-state index in [1.165, 1.54) is 31.2 Å². The molecule has 2 aromatic rings. The van der Waals surface area contributed by atoms with Gasteiger partial charge in [-0.05, 0) is 25.1 Å². The van der Waals surface area contributed by atoms with E-state index in [0.29, 0.717) is 0 Å². The van der Waals surface area contributed by atoms with Crippen LogP contribution < -0.4 is 10.3 Å². The van der Waals surface area contributed by atoms with Crippen molar-refractivity contribution in [3.63, 3.8) is 0 Å². The number of nitrogens with one attached hydrogen (secondary N) is 2. The Kier molecular flexibility index (Phi) is 5.26. The monoisotopic (exact) mass is 385 g/mol. The third-order valence-electron chi connectivity index (χ3n) is 3.25. The minimum atomic E-state index is -4.32. The molecule has 0 fully saturated rings. The summed E-state index contributed by atoms with van der Waals surface area (Å²) in [5.74, 6) is -1.25. The van der Waals surface area contributed by atoms with Crippen molar-refractivity contribution >= 4 is 33.2 Å². The van der Waals surface area contributed by atoms with Gasteiger partial charge in [0.2, 0.25) is 0 Å². The Balaban J connectivity index is 2.27. The number of halogens is 1. The number of nitro groups is 1. The summed E-state index contributed by atoms with van der Waals surface area (Å²) in [5.41, 5.74) is 1.40. The molecule has 0 saturated heterocycles. The van der Waals surface area contributed by atoms with Crippen LogP contribution in [0.4, 0.5) is 5.69 Å². The SMILES string of the molecule is Cc1c(Cl)cc(S(=O)(=O)NNC(=O)c2ccccc2O)cc1[N+](=O)[O-]. The van der Waals surface area contributed by atoms with Crippen LogP contribution in [-0.4, -0.2) is 24.4 Å². The summed E-state index contributed by atoms with van der Waals surface area (Å²) in [5, 5.41) is 20.4. The van der Waals surface area contributed by atoms with Gasteiger partial charge in [-0.15, -0.1) is 4.83 Å². The van der Waals surface area contributed by atoms with Gasteiger partial charge in [0.05, 0.1) is 20.4 Å². The van der Waals surface area contributed by atoms with E-state index in [0.717, 1.165) is 12.1 Å². The van der Waals surface area contributed by atoms with Crippen molar-refractivity contribution in [2.24, 2.45) is 0 Å². The summed E-state index contributed by atoms with van der Waals surface area (Å²) in [4.78, 5) is 23.4. The van der Waals surface area contributed by atoms with E-state index < -0.39 is 31.4 Å². The highest BCUT2D eigenvalue weighted by Crippen LogP contribution is 2.29. The first-order chi connectivity index (χ1) is 11.6. The Morgan fingerprint density at radius 1 is 1.28 bits per heavy atom. The maximum Gasteiger partial charge on any atom is 0.275 e. The largest absolute Gasteiger partial charge is 0.507 e. The Morgan fingerprint density at radius 3 is 2.52 bits per heavy atom. The molecule has 0 aliphatic carbocycles. The molecule has 0 aliphatic rings. The number of benzene rings is 2. The van der Waals surface area contributed by atoms with Gasteiger partial charge in [0.25, 0.3) is 21.6 Å². The molecule has 3 N–H and O–H groups in total. The fraction of sp³-hybridized carbons (Fsp3) is 0.0714. The lowest BCUT2D eigenvalue weighted by atomic mass is 10.2. The number of carbonyl (C=O) groups excluding carboxylic acids is 1. The van der Waals surface area contributed by atoms with Crippen molar-refractivity contribution in [3.05, 3.63) is 62.7 Å². The first-order valence-electron chi connectivity index (χ1n) is 6.68. The lowest BCUT2D eigenvalue weighted by molar-refractivity contribution is -0.385. The molecule has 0 aromatic heterocycles. The van der Waals surface area contributed by atoms with Crippen LogP contribution in [0.3, 0.4) is 0 Å². The number of aromatic hydroxyl groups is 1. The second kappa shape index (κ2) is 7.05. The zero-order chi connectivity index (χ0) is 18.8. The predicted molar refractivity (Wildman–Crippen MR) is 88.7 cm³/mol. The van der Waals surface area contributed by atoms with E-state index in [1.54, 1.807) is 4.83 Å². The average molecular weight is 386 g/mol. The number of amides is 1. The molecule has 0 unspecified atom stereocenters. The highest BCUT2D eigenvalue weighted by Gasteiger charge is 2.23. The number of rotatable bonds is 5. The number of nitro benzene ring substituents is 1. The van der Waals surface area contributed by atoms with E-state index in [-0.39, 0.29) is 21.9 Å². The average Bonchev–Trinajstić information content (AvgIpc) is 2.55. The molecule has 0 aliphatic heterocycles. The first kappa shape index (κ1) is 18.6. The molecule has 0 bridgehead atoms. The van der Waals surface area contributed by atoms with Gasteiger partial charge in [0, 0.05) is 11.6 Å². The first-order valence-corrected chi connectivity index (χ1v) is 8.54. The molecule has 0 radical (unpaired) electrons. The summed E-state index contributed by atoms with van der Waals surface area (Å²) in [6, 6.07) is 7.36. The summed E-state index contributed by atoms with van der Waals surface area (Å²) in [6.45, 7) is 1.38. The topological polar surface area (TPSA) is 139 Å². The fourth-order valence-corrected chi connectivity index (χ4v) is 3.05. The quantitative estimate of drug-likeness (QED) is 0.530. The second-order valence-electron chi connectivity index (χ2n) is 4.88. The minimum Gasteiger partial charge on any atom is -0.507 e. The molecule has 2 rings (SSSR count). The highest BCUT2D eigenvalue weighted by atomic mass is 35.5. The van der Waals surface area contributed by atoms with Gasteiger partial charge in [-0.1, -0.05) is 23.7 Å². The van der Waals surface area contributed by atoms with Crippen LogP contribution in [0.15, 0.2) is 41.3 Å². The van der Waals surface area contributed by atoms with Crippen molar-refractivity contribution in [2.75, 3.05) is 0 Å². The van der Waals surface area contributed by atoms with E-state index in [2.05, 4.69) is 0 Å². The number of carbonyl (C=O) groups is 1. The molecule has 2 aromatic carbocycles. The standard InChI is InChI=1S/C14H12ClN3O6S/c1-8-11(15)6-9(7-12(8)18(21)22)25(23,24)17-16-14(20)10-4-2-3-5-13(10)19/h2-7,17,19H,1H3,(H,16,20). The number of para-hydroxylation sites is 1. The molecule has 1 amide bonds. The van der Waals surface area contributed by atoms with Crippen molar-refractivity contribution in [3.8, 4) is 5.75 Å². The number of sulfonamides is 1. The molecule has 0 atom stereocenters. The Hall–Kier alpha value is -2.69. The number of hydrogen-bond acceptors (Lipinski definition) is 6. The minimum absolute atomic E-state index is 0.110. The van der Waals surface area contributed by atoms with Crippen LogP contribution in [0.2, 0.25) is 5.02 Å². The summed E-state index contributed by atoms with van der Waals surface area (Å²) in [7, 11) is -4.32. The smallest absolute Gasteiger partial charge is 0.275 e. The number of nitrogens with zero attached hydrogens (tertiary/aromatic N) is 1. The number of hydrazine groups is 1. The van der Waals surface area contributed by atoms with Gasteiger partial charge < -0.3 is 5.11 Å². The van der Waals surface area contributed by atoms with Crippen molar-refractivity contribution < 1.29 is 23.2 Å². The third kappa shape index (κ3) is 4.05. The summed E-state index contributed by atoms with van der Waals surface area (Å²) >= 11 is 5.83. The van der Waals surface area contributed by atoms with Gasteiger partial charge in [-0.3, -0.25) is 20.3 Å². The molecule has 11 heteroatoms. The molecule has 0 spiro atoms. The van der Waals surface area contributed by atoms with Crippen LogP contribution in [0.1, 0.15) is 15.9 Å². The highest BCUT2D eigenvalue weighted by molar-refractivity contribution is 7.89. The lowest BCUT2D eigenvalue weighted by Gasteiger charge is -2.10. The lowest BCUT2D eigenvalue weighted by Crippen LogP contribution is -2.41. The van der Waals surface area contributed by atoms with E-state index in [4.69, 9.17) is 11.6 Å². The van der Waals surface area contributed by atoms with Crippen LogP contribution in [0.5, 0.6) is 5.75 Å². The molecular weight excluding hydrogens is 374 g/mol. The van der Waals surface area contributed by atoms with Crippen molar-refractivity contribution in [1.82, 2.24) is 10.3 Å². The third-order valence-corrected chi connectivity index (χ3v) is 4.86. The maximum atomic E-state index is 12.2. The fourth-order valence-electron chi connectivity index (χ4n) is 1.89. The number of phenols is 1. The summed E-state index contributed by atoms with van der Waals surface area (Å²) < 4.78 is 24.4. The van der Waals surface area contributed by atoms with Gasteiger partial charge in [0.1, 0.15) is 5.75 Å². The Bertz CT molecular complexity index is 961. The molecule has 132 valence electrons. The van der Waals surface area contributed by atoms with Crippen molar-refractivity contribution in [2.45, 2.75) is 11.8 Å². The van der Waals surface area contributed by atoms with E-state index in [1.807, 2.05) is 5.43 Å². The van der Waals surface area contributed by atoms with Gasteiger partial charge >= 0.3 is 0 Å². The van der Waals surface area contributed by atoms with E-state index in [9.17, 15) is 28.4 Å². The predicted octanol–water partition coefficient (Wildman–Crippen LogP) is 1.89. The molecule has 25 heavy (non-hydrogen) atoms. The summed E-state index contributed by atoms with van der Waals surface area (Å²) in [6.07, 6.45) is 0.